The fourth-order valence-corrected chi connectivity index (χ4v) is 3.02. The minimum Gasteiger partial charge on any atom is -0.396 e. The van der Waals surface area contributed by atoms with E-state index in [0.717, 1.165) is 18.7 Å². The molecule has 2 N–H and O–H groups in total. The van der Waals surface area contributed by atoms with E-state index in [-0.39, 0.29) is 6.61 Å². The summed E-state index contributed by atoms with van der Waals surface area (Å²) in [6, 6.07) is 5.43. The Morgan fingerprint density at radius 1 is 1.17 bits per heavy atom. The van der Waals surface area contributed by atoms with Crippen molar-refractivity contribution in [3.05, 3.63) is 28.2 Å². The van der Waals surface area contributed by atoms with E-state index in [4.69, 9.17) is 23.2 Å². The number of aliphatic hydroxyl groups is 1. The maximum Gasteiger partial charge on any atom is 0.0638 e. The Kier molecular flexibility index (Phi) is 5.16. The maximum absolute atomic E-state index is 9.38. The van der Waals surface area contributed by atoms with Gasteiger partial charge in [-0.05, 0) is 42.9 Å². The number of rotatable bonds is 4. The van der Waals surface area contributed by atoms with Gasteiger partial charge in [-0.1, -0.05) is 36.0 Å². The van der Waals surface area contributed by atoms with Crippen molar-refractivity contribution in [3.8, 4) is 0 Å². The average molecular weight is 288 g/mol. The molecule has 100 valence electrons. The number of aliphatic hydroxyl groups excluding tert-OH is 1. The van der Waals surface area contributed by atoms with Crippen LogP contribution in [0.25, 0.3) is 0 Å². The number of hydrogen-bond donors (Lipinski definition) is 2. The Bertz CT molecular complexity index is 397. The Labute approximate surface area is 118 Å². The molecule has 0 aromatic heterocycles. The Hall–Kier alpha value is -0.440. The second kappa shape index (κ2) is 6.65. The number of anilines is 1. The van der Waals surface area contributed by atoms with Crippen LogP contribution in [-0.2, 0) is 0 Å². The first kappa shape index (κ1) is 14.0. The van der Waals surface area contributed by atoms with Crippen LogP contribution in [0.5, 0.6) is 0 Å². The molecule has 0 heterocycles. The van der Waals surface area contributed by atoms with Crippen LogP contribution in [0.2, 0.25) is 10.0 Å². The smallest absolute Gasteiger partial charge is 0.0638 e. The summed E-state index contributed by atoms with van der Waals surface area (Å²) in [6.07, 6.45) is 4.80. The highest BCUT2D eigenvalue weighted by atomic mass is 35.5. The van der Waals surface area contributed by atoms with Crippen molar-refractivity contribution < 1.29 is 5.11 Å². The lowest BCUT2D eigenvalue weighted by Gasteiger charge is -2.30. The Balaban J connectivity index is 1.95. The Morgan fingerprint density at radius 2 is 1.89 bits per heavy atom. The van der Waals surface area contributed by atoms with E-state index in [1.165, 1.54) is 19.3 Å². The van der Waals surface area contributed by atoms with Gasteiger partial charge in [-0.25, -0.2) is 0 Å². The molecule has 1 saturated carbocycles. The molecule has 0 radical (unpaired) electrons. The lowest BCUT2D eigenvalue weighted by Crippen LogP contribution is -2.28. The van der Waals surface area contributed by atoms with E-state index >= 15 is 0 Å². The molecule has 2 nitrogen and oxygen atoms in total. The van der Waals surface area contributed by atoms with Crippen molar-refractivity contribution in [2.75, 3.05) is 18.5 Å². The normalized spacial score (nSPS) is 23.9. The first-order chi connectivity index (χ1) is 8.70. The molecule has 1 aliphatic rings. The largest absolute Gasteiger partial charge is 0.396 e. The summed E-state index contributed by atoms with van der Waals surface area (Å²) in [5.41, 5.74) is 0.881. The number of benzene rings is 1. The van der Waals surface area contributed by atoms with Crippen LogP contribution >= 0.6 is 23.2 Å². The number of halogens is 2. The molecule has 2 unspecified atom stereocenters. The molecule has 2 rings (SSSR count). The fraction of sp³-hybridized carbons (Fsp3) is 0.571. The third kappa shape index (κ3) is 3.53. The summed E-state index contributed by atoms with van der Waals surface area (Å²) in [5, 5.41) is 14.1. The standard InChI is InChI=1S/C14H19Cl2NO/c15-12-5-6-13(16)14(7-12)17-8-10-3-1-2-4-11(10)9-18/h5-7,10-11,17-18H,1-4,8-9H2. The van der Waals surface area contributed by atoms with E-state index in [2.05, 4.69) is 5.32 Å². The van der Waals surface area contributed by atoms with Gasteiger partial charge in [0.15, 0.2) is 0 Å². The van der Waals surface area contributed by atoms with Crippen molar-refractivity contribution in [2.24, 2.45) is 11.8 Å². The van der Waals surface area contributed by atoms with E-state index in [9.17, 15) is 5.11 Å². The summed E-state index contributed by atoms with van der Waals surface area (Å²) in [5.74, 6) is 0.947. The van der Waals surface area contributed by atoms with E-state index in [1.807, 2.05) is 6.07 Å². The fourth-order valence-electron chi connectivity index (χ4n) is 2.67. The van der Waals surface area contributed by atoms with Crippen LogP contribution in [0.3, 0.4) is 0 Å². The van der Waals surface area contributed by atoms with Crippen LogP contribution in [0, 0.1) is 11.8 Å². The number of nitrogens with one attached hydrogen (secondary N) is 1. The molecule has 4 heteroatoms. The van der Waals surface area contributed by atoms with Crippen molar-refractivity contribution in [2.45, 2.75) is 25.7 Å². The van der Waals surface area contributed by atoms with Gasteiger partial charge >= 0.3 is 0 Å². The van der Waals surface area contributed by atoms with Gasteiger partial charge in [0.25, 0.3) is 0 Å². The van der Waals surface area contributed by atoms with Crippen LogP contribution in [0.1, 0.15) is 25.7 Å². The zero-order valence-electron chi connectivity index (χ0n) is 10.3. The molecule has 0 aliphatic heterocycles. The third-order valence-electron chi connectivity index (χ3n) is 3.78. The average Bonchev–Trinajstić information content (AvgIpc) is 2.40. The van der Waals surface area contributed by atoms with Gasteiger partial charge in [0, 0.05) is 18.2 Å². The molecule has 0 amide bonds. The highest BCUT2D eigenvalue weighted by Gasteiger charge is 2.24. The highest BCUT2D eigenvalue weighted by Crippen LogP contribution is 2.31. The van der Waals surface area contributed by atoms with Gasteiger partial charge in [-0.3, -0.25) is 0 Å². The summed E-state index contributed by atoms with van der Waals surface area (Å²) >= 11 is 12.1. The zero-order valence-corrected chi connectivity index (χ0v) is 11.8. The van der Waals surface area contributed by atoms with Crippen LogP contribution in [-0.4, -0.2) is 18.3 Å². The van der Waals surface area contributed by atoms with Crippen LogP contribution in [0.15, 0.2) is 18.2 Å². The lowest BCUT2D eigenvalue weighted by atomic mass is 9.79. The molecule has 0 bridgehead atoms. The van der Waals surface area contributed by atoms with Crippen LogP contribution < -0.4 is 5.32 Å². The lowest BCUT2D eigenvalue weighted by molar-refractivity contribution is 0.141. The van der Waals surface area contributed by atoms with Gasteiger partial charge in [-0.15, -0.1) is 0 Å². The molecule has 1 fully saturated rings. The predicted octanol–water partition coefficient (Wildman–Crippen LogP) is 4.20. The predicted molar refractivity (Wildman–Crippen MR) is 77.5 cm³/mol. The maximum atomic E-state index is 9.38. The third-order valence-corrected chi connectivity index (χ3v) is 4.35. The SMILES string of the molecule is OCC1CCCCC1CNc1cc(Cl)ccc1Cl. The molecular weight excluding hydrogens is 269 g/mol. The van der Waals surface area contributed by atoms with Gasteiger partial charge in [0.2, 0.25) is 0 Å². The molecule has 2 atom stereocenters. The molecule has 1 aliphatic carbocycles. The quantitative estimate of drug-likeness (QED) is 0.870. The summed E-state index contributed by atoms with van der Waals surface area (Å²) in [6.45, 7) is 1.14. The Morgan fingerprint density at radius 3 is 2.61 bits per heavy atom. The van der Waals surface area contributed by atoms with E-state index in [0.29, 0.717) is 21.9 Å². The second-order valence-electron chi connectivity index (χ2n) is 4.99. The molecule has 1 aromatic carbocycles. The van der Waals surface area contributed by atoms with Crippen LogP contribution in [0.4, 0.5) is 5.69 Å². The van der Waals surface area contributed by atoms with Gasteiger partial charge in [-0.2, -0.15) is 0 Å². The molecular formula is C14H19Cl2NO. The topological polar surface area (TPSA) is 32.3 Å². The molecule has 0 spiro atoms. The van der Waals surface area contributed by atoms with Crippen molar-refractivity contribution in [1.82, 2.24) is 0 Å². The summed E-state index contributed by atoms with van der Waals surface area (Å²) in [7, 11) is 0. The van der Waals surface area contributed by atoms with E-state index in [1.54, 1.807) is 12.1 Å². The van der Waals surface area contributed by atoms with E-state index < -0.39 is 0 Å². The molecule has 18 heavy (non-hydrogen) atoms. The summed E-state index contributed by atoms with van der Waals surface area (Å²) < 4.78 is 0. The molecule has 0 saturated heterocycles. The zero-order chi connectivity index (χ0) is 13.0. The van der Waals surface area contributed by atoms with Crippen molar-refractivity contribution in [1.29, 1.82) is 0 Å². The first-order valence-corrected chi connectivity index (χ1v) is 7.26. The molecule has 1 aromatic rings. The monoisotopic (exact) mass is 287 g/mol. The van der Waals surface area contributed by atoms with Crippen molar-refractivity contribution >= 4 is 28.9 Å². The van der Waals surface area contributed by atoms with Crippen molar-refractivity contribution in [3.63, 3.8) is 0 Å². The first-order valence-electron chi connectivity index (χ1n) is 6.50. The summed E-state index contributed by atoms with van der Waals surface area (Å²) in [4.78, 5) is 0. The number of hydrogen-bond acceptors (Lipinski definition) is 2. The van der Waals surface area contributed by atoms with Gasteiger partial charge in [0.1, 0.15) is 0 Å². The second-order valence-corrected chi connectivity index (χ2v) is 5.84. The van der Waals surface area contributed by atoms with Gasteiger partial charge in [0.05, 0.1) is 10.7 Å². The minimum atomic E-state index is 0.287. The van der Waals surface area contributed by atoms with Gasteiger partial charge < -0.3 is 10.4 Å². The minimum absolute atomic E-state index is 0.287. The highest BCUT2D eigenvalue weighted by molar-refractivity contribution is 6.35.